The average Bonchev–Trinajstić information content (AvgIpc) is 2.65. The Morgan fingerprint density at radius 1 is 1.41 bits per heavy atom. The Bertz CT molecular complexity index is 717. The SMILES string of the molecule is CCOC(=O)C1CCCCN1CC(=O)N(CCC#N)c1ccc(Cl)c(C)c1. The highest BCUT2D eigenvalue weighted by atomic mass is 35.5. The van der Waals surface area contributed by atoms with Gasteiger partial charge in [-0.15, -0.1) is 0 Å². The van der Waals surface area contributed by atoms with Crippen molar-refractivity contribution in [2.45, 2.75) is 45.6 Å². The van der Waals surface area contributed by atoms with E-state index in [0.717, 1.165) is 18.4 Å². The van der Waals surface area contributed by atoms with Gasteiger partial charge >= 0.3 is 5.97 Å². The molecule has 1 fully saturated rings. The number of ether oxygens (including phenoxy) is 1. The minimum atomic E-state index is -0.382. The van der Waals surface area contributed by atoms with Crippen LogP contribution in [0.3, 0.4) is 0 Å². The van der Waals surface area contributed by atoms with Crippen LogP contribution in [0.1, 0.15) is 38.2 Å². The Morgan fingerprint density at radius 2 is 2.19 bits per heavy atom. The molecule has 27 heavy (non-hydrogen) atoms. The summed E-state index contributed by atoms with van der Waals surface area (Å²) < 4.78 is 5.17. The van der Waals surface area contributed by atoms with Crippen LogP contribution in [0.15, 0.2) is 18.2 Å². The van der Waals surface area contributed by atoms with Gasteiger partial charge in [-0.2, -0.15) is 5.26 Å². The molecule has 0 radical (unpaired) electrons. The predicted molar refractivity (Wildman–Crippen MR) is 105 cm³/mol. The van der Waals surface area contributed by atoms with Crippen LogP contribution < -0.4 is 4.90 Å². The number of benzene rings is 1. The molecule has 1 atom stereocenters. The molecular weight excluding hydrogens is 366 g/mol. The fourth-order valence-electron chi connectivity index (χ4n) is 3.30. The van der Waals surface area contributed by atoms with Crippen molar-refractivity contribution in [1.29, 1.82) is 5.26 Å². The Kier molecular flexibility index (Phi) is 8.08. The van der Waals surface area contributed by atoms with Crippen molar-refractivity contribution < 1.29 is 14.3 Å². The van der Waals surface area contributed by atoms with Gasteiger partial charge in [-0.25, -0.2) is 0 Å². The third-order valence-corrected chi connectivity index (χ3v) is 5.14. The van der Waals surface area contributed by atoms with Crippen LogP contribution in [-0.2, 0) is 14.3 Å². The number of carbonyl (C=O) groups is 2. The van der Waals surface area contributed by atoms with Gasteiger partial charge in [0.15, 0.2) is 0 Å². The zero-order chi connectivity index (χ0) is 19.8. The van der Waals surface area contributed by atoms with Crippen molar-refractivity contribution in [1.82, 2.24) is 4.90 Å². The summed E-state index contributed by atoms with van der Waals surface area (Å²) in [6.45, 7) is 5.09. The molecule has 6 nitrogen and oxygen atoms in total. The number of carbonyl (C=O) groups excluding carboxylic acids is 2. The lowest BCUT2D eigenvalue weighted by Gasteiger charge is -2.35. The van der Waals surface area contributed by atoms with Crippen molar-refractivity contribution in [3.05, 3.63) is 28.8 Å². The molecule has 1 amide bonds. The highest BCUT2D eigenvalue weighted by Crippen LogP contribution is 2.24. The number of aryl methyl sites for hydroxylation is 1. The molecule has 1 aliphatic heterocycles. The Morgan fingerprint density at radius 3 is 2.85 bits per heavy atom. The van der Waals surface area contributed by atoms with Crippen molar-refractivity contribution >= 4 is 29.2 Å². The first-order valence-electron chi connectivity index (χ1n) is 9.32. The van der Waals surface area contributed by atoms with Crippen LogP contribution in [-0.4, -0.2) is 49.1 Å². The molecule has 0 spiro atoms. The van der Waals surface area contributed by atoms with Crippen LogP contribution >= 0.6 is 11.6 Å². The fourth-order valence-corrected chi connectivity index (χ4v) is 3.42. The molecule has 0 saturated carbocycles. The van der Waals surface area contributed by atoms with E-state index in [-0.39, 0.29) is 30.9 Å². The first-order chi connectivity index (χ1) is 13.0. The van der Waals surface area contributed by atoms with Gasteiger partial charge in [-0.05, 0) is 57.0 Å². The number of amides is 1. The van der Waals surface area contributed by atoms with Gasteiger partial charge in [0.1, 0.15) is 6.04 Å². The number of halogens is 1. The molecule has 1 saturated heterocycles. The number of hydrogen-bond acceptors (Lipinski definition) is 5. The van der Waals surface area contributed by atoms with Crippen molar-refractivity contribution in [3.8, 4) is 6.07 Å². The lowest BCUT2D eigenvalue weighted by molar-refractivity contribution is -0.151. The van der Waals surface area contributed by atoms with E-state index in [1.165, 1.54) is 0 Å². The number of rotatable bonds is 7. The van der Waals surface area contributed by atoms with E-state index < -0.39 is 0 Å². The summed E-state index contributed by atoms with van der Waals surface area (Å²) in [5.74, 6) is -0.404. The second kappa shape index (κ2) is 10.3. The predicted octanol–water partition coefficient (Wildman–Crippen LogP) is 3.31. The molecule has 0 aliphatic carbocycles. The zero-order valence-corrected chi connectivity index (χ0v) is 16.7. The highest BCUT2D eigenvalue weighted by molar-refractivity contribution is 6.31. The third-order valence-electron chi connectivity index (χ3n) is 4.71. The number of hydrogen-bond donors (Lipinski definition) is 0. The molecule has 1 aromatic carbocycles. The second-order valence-corrected chi connectivity index (χ2v) is 7.03. The fraction of sp³-hybridized carbons (Fsp3) is 0.550. The molecule has 1 unspecified atom stereocenters. The number of esters is 1. The third kappa shape index (κ3) is 5.69. The van der Waals surface area contributed by atoms with Crippen LogP contribution in [0, 0.1) is 18.3 Å². The summed E-state index contributed by atoms with van der Waals surface area (Å²) in [5.41, 5.74) is 1.58. The number of nitrogens with zero attached hydrogens (tertiary/aromatic N) is 3. The quantitative estimate of drug-likeness (QED) is 0.666. The average molecular weight is 392 g/mol. The number of likely N-dealkylation sites (tertiary alicyclic amines) is 1. The number of anilines is 1. The van der Waals surface area contributed by atoms with Gasteiger partial charge < -0.3 is 9.64 Å². The maximum absolute atomic E-state index is 13.0. The van der Waals surface area contributed by atoms with Gasteiger partial charge in [-0.3, -0.25) is 14.5 Å². The summed E-state index contributed by atoms with van der Waals surface area (Å²) in [7, 11) is 0. The Balaban J connectivity index is 2.17. The van der Waals surface area contributed by atoms with Crippen molar-refractivity contribution in [3.63, 3.8) is 0 Å². The number of nitriles is 1. The Hall–Kier alpha value is -2.10. The summed E-state index contributed by atoms with van der Waals surface area (Å²) in [5, 5.41) is 9.59. The summed E-state index contributed by atoms with van der Waals surface area (Å²) in [4.78, 5) is 28.8. The lowest BCUT2D eigenvalue weighted by Crippen LogP contribution is -2.50. The lowest BCUT2D eigenvalue weighted by atomic mass is 10.0. The molecule has 0 N–H and O–H groups in total. The minimum Gasteiger partial charge on any atom is -0.465 e. The van der Waals surface area contributed by atoms with E-state index in [9.17, 15) is 9.59 Å². The van der Waals surface area contributed by atoms with E-state index in [0.29, 0.717) is 36.8 Å². The van der Waals surface area contributed by atoms with E-state index in [2.05, 4.69) is 6.07 Å². The first kappa shape index (κ1) is 21.2. The topological polar surface area (TPSA) is 73.6 Å². The molecule has 1 aromatic rings. The van der Waals surface area contributed by atoms with E-state index in [1.54, 1.807) is 24.0 Å². The first-order valence-corrected chi connectivity index (χ1v) is 9.69. The normalized spacial score (nSPS) is 17.2. The van der Waals surface area contributed by atoms with E-state index in [4.69, 9.17) is 21.6 Å². The minimum absolute atomic E-state index is 0.122. The van der Waals surface area contributed by atoms with Crippen molar-refractivity contribution in [2.75, 3.05) is 31.1 Å². The molecule has 146 valence electrons. The smallest absolute Gasteiger partial charge is 0.323 e. The summed E-state index contributed by atoms with van der Waals surface area (Å²) in [6, 6.07) is 7.08. The van der Waals surface area contributed by atoms with Crippen LogP contribution in [0.5, 0.6) is 0 Å². The van der Waals surface area contributed by atoms with Gasteiger partial charge in [0, 0.05) is 17.3 Å². The molecular formula is C20H26ClN3O3. The second-order valence-electron chi connectivity index (χ2n) is 6.62. The largest absolute Gasteiger partial charge is 0.465 e. The van der Waals surface area contributed by atoms with Gasteiger partial charge in [0.25, 0.3) is 0 Å². The van der Waals surface area contributed by atoms with Gasteiger partial charge in [0.2, 0.25) is 5.91 Å². The molecule has 1 heterocycles. The molecule has 2 rings (SSSR count). The zero-order valence-electron chi connectivity index (χ0n) is 15.9. The van der Waals surface area contributed by atoms with Gasteiger partial charge in [-0.1, -0.05) is 18.0 Å². The summed E-state index contributed by atoms with van der Waals surface area (Å²) in [6.07, 6.45) is 2.82. The molecule has 0 aromatic heterocycles. The maximum Gasteiger partial charge on any atom is 0.323 e. The number of piperidine rings is 1. The standard InChI is InChI=1S/C20H26ClN3O3/c1-3-27-20(26)18-7-4-5-11-23(18)14-19(25)24(12-6-10-22)16-8-9-17(21)15(2)13-16/h8-9,13,18H,3-7,11-12,14H2,1-2H3. The monoisotopic (exact) mass is 391 g/mol. The summed E-state index contributed by atoms with van der Waals surface area (Å²) >= 11 is 6.09. The molecule has 1 aliphatic rings. The van der Waals surface area contributed by atoms with Crippen molar-refractivity contribution in [2.24, 2.45) is 0 Å². The molecule has 7 heteroatoms. The molecule has 0 bridgehead atoms. The van der Waals surface area contributed by atoms with Crippen LogP contribution in [0.25, 0.3) is 0 Å². The van der Waals surface area contributed by atoms with Crippen LogP contribution in [0.4, 0.5) is 5.69 Å². The van der Waals surface area contributed by atoms with Gasteiger partial charge in [0.05, 0.1) is 25.6 Å². The highest BCUT2D eigenvalue weighted by Gasteiger charge is 2.32. The van der Waals surface area contributed by atoms with Crippen LogP contribution in [0.2, 0.25) is 5.02 Å². The maximum atomic E-state index is 13.0. The van der Waals surface area contributed by atoms with E-state index >= 15 is 0 Å². The Labute approximate surface area is 165 Å². The van der Waals surface area contributed by atoms with E-state index in [1.807, 2.05) is 17.9 Å².